The molecular formula is C51H31N3OS. The molecule has 12 rings (SSSR count). The average Bonchev–Trinajstić information content (AvgIpc) is 3.84. The molecule has 1 atom stereocenters. The van der Waals surface area contributed by atoms with Gasteiger partial charge in [-0.2, -0.15) is 0 Å². The van der Waals surface area contributed by atoms with E-state index >= 15 is 0 Å². The van der Waals surface area contributed by atoms with Gasteiger partial charge in [0.2, 0.25) is 0 Å². The Morgan fingerprint density at radius 3 is 2.04 bits per heavy atom. The molecular weight excluding hydrogens is 703 g/mol. The molecule has 0 radical (unpaired) electrons. The Morgan fingerprint density at radius 1 is 0.464 bits per heavy atom. The molecule has 0 fully saturated rings. The molecule has 0 saturated carbocycles. The number of fused-ring (bicyclic) bond motifs is 11. The number of rotatable bonds is 4. The van der Waals surface area contributed by atoms with Gasteiger partial charge in [-0.1, -0.05) is 140 Å². The Labute approximate surface area is 325 Å². The van der Waals surface area contributed by atoms with E-state index in [-0.39, 0.29) is 0 Å². The fourth-order valence-electron chi connectivity index (χ4n) is 8.79. The van der Waals surface area contributed by atoms with Gasteiger partial charge < -0.3 is 9.73 Å². The molecule has 2 aromatic heterocycles. The van der Waals surface area contributed by atoms with Crippen molar-refractivity contribution in [1.29, 1.82) is 0 Å². The highest BCUT2D eigenvalue weighted by atomic mass is 32.1. The average molecular weight is 734 g/mol. The number of nitrogens with zero attached hydrogens (tertiary/aromatic N) is 2. The van der Waals surface area contributed by atoms with Crippen LogP contribution < -0.4 is 5.32 Å². The summed E-state index contributed by atoms with van der Waals surface area (Å²) < 4.78 is 9.32. The van der Waals surface area contributed by atoms with E-state index in [1.165, 1.54) is 52.7 Å². The molecule has 1 aliphatic rings. The molecule has 0 spiro atoms. The number of hydrogen-bond donors (Lipinski definition) is 1. The van der Waals surface area contributed by atoms with Crippen molar-refractivity contribution in [2.45, 2.75) is 6.17 Å². The first-order valence-electron chi connectivity index (χ1n) is 18.9. The molecule has 11 aromatic rings. The molecule has 0 bridgehead atoms. The smallest absolute Gasteiger partial charge is 0.159 e. The SMILES string of the molecule is c1ccc(C2=NC(c3cccc4oc5cc(-c6cc7sc8ccccc8c7c7ccccc67)ccc5c34)NC(c3cc4ccccc4c4ccccc34)=N2)cc1. The van der Waals surface area contributed by atoms with E-state index in [0.29, 0.717) is 5.84 Å². The van der Waals surface area contributed by atoms with Crippen LogP contribution in [0.4, 0.5) is 0 Å². The maximum atomic E-state index is 6.72. The standard InChI is InChI=1S/C51H31N3OS/c1-2-13-30(14-3-1)49-52-50(54-51(53-49)42-27-31-15-4-5-16-33(31)34-17-6-7-18-35(34)42)40-22-12-23-43-47(40)38-26-25-32(28-44(38)55-43)41-29-46-48(37-20-9-8-19-36(37)41)39-21-10-11-24-45(39)56-46/h1-29,50H,(H,52,53,54). The van der Waals surface area contributed by atoms with Crippen LogP contribution in [0.3, 0.4) is 0 Å². The Hall–Kier alpha value is -7.08. The second kappa shape index (κ2) is 12.2. The van der Waals surface area contributed by atoms with Crippen LogP contribution in [0.25, 0.3) is 85.6 Å². The molecule has 1 N–H and O–H groups in total. The van der Waals surface area contributed by atoms with Gasteiger partial charge >= 0.3 is 0 Å². The van der Waals surface area contributed by atoms with Crippen LogP contribution in [-0.4, -0.2) is 11.7 Å². The molecule has 4 nitrogen and oxygen atoms in total. The summed E-state index contributed by atoms with van der Waals surface area (Å²) >= 11 is 1.86. The third-order valence-electron chi connectivity index (χ3n) is 11.3. The lowest BCUT2D eigenvalue weighted by Crippen LogP contribution is -2.33. The molecule has 56 heavy (non-hydrogen) atoms. The number of thiophene rings is 1. The molecule has 0 amide bonds. The highest BCUT2D eigenvalue weighted by molar-refractivity contribution is 7.26. The van der Waals surface area contributed by atoms with E-state index in [1.807, 2.05) is 29.5 Å². The number of amidine groups is 2. The summed E-state index contributed by atoms with van der Waals surface area (Å²) in [6, 6.07) is 62.5. The number of furan rings is 1. The minimum atomic E-state index is -0.411. The van der Waals surface area contributed by atoms with Crippen LogP contribution in [0.15, 0.2) is 190 Å². The number of aliphatic imine (C=N–C) groups is 2. The molecule has 1 aliphatic heterocycles. The lowest BCUT2D eigenvalue weighted by atomic mass is 9.94. The van der Waals surface area contributed by atoms with E-state index in [1.54, 1.807) is 0 Å². The molecule has 3 heterocycles. The Kier molecular flexibility index (Phi) is 6.83. The van der Waals surface area contributed by atoms with Gasteiger partial charge in [0.1, 0.15) is 23.2 Å². The van der Waals surface area contributed by atoms with E-state index < -0.39 is 6.17 Å². The zero-order chi connectivity index (χ0) is 36.7. The van der Waals surface area contributed by atoms with Gasteiger partial charge in [0.25, 0.3) is 0 Å². The van der Waals surface area contributed by atoms with Gasteiger partial charge in [0.15, 0.2) is 5.84 Å². The number of hydrogen-bond acceptors (Lipinski definition) is 5. The minimum Gasteiger partial charge on any atom is -0.456 e. The predicted octanol–water partition coefficient (Wildman–Crippen LogP) is 13.6. The van der Waals surface area contributed by atoms with Crippen LogP contribution >= 0.6 is 11.3 Å². The fraction of sp³-hybridized carbons (Fsp3) is 0.0196. The summed E-state index contributed by atoms with van der Waals surface area (Å²) in [6.45, 7) is 0. The zero-order valence-corrected chi connectivity index (χ0v) is 30.8. The highest BCUT2D eigenvalue weighted by Crippen LogP contribution is 2.44. The van der Waals surface area contributed by atoms with Crippen molar-refractivity contribution in [2.75, 3.05) is 0 Å². The van der Waals surface area contributed by atoms with Gasteiger partial charge in [-0.15, -0.1) is 11.3 Å². The lowest BCUT2D eigenvalue weighted by Gasteiger charge is -2.25. The van der Waals surface area contributed by atoms with Gasteiger partial charge in [-0.25, -0.2) is 9.98 Å². The first kappa shape index (κ1) is 31.3. The summed E-state index contributed by atoms with van der Waals surface area (Å²) in [4.78, 5) is 10.5. The first-order valence-corrected chi connectivity index (χ1v) is 19.7. The molecule has 1 unspecified atom stereocenters. The Balaban J connectivity index is 1.03. The predicted molar refractivity (Wildman–Crippen MR) is 236 cm³/mol. The van der Waals surface area contributed by atoms with Crippen LogP contribution in [0, 0.1) is 0 Å². The summed E-state index contributed by atoms with van der Waals surface area (Å²) in [5, 5.41) is 15.8. The van der Waals surface area contributed by atoms with Crippen LogP contribution in [0.1, 0.15) is 22.9 Å². The summed E-state index contributed by atoms with van der Waals surface area (Å²) in [6.07, 6.45) is -0.411. The summed E-state index contributed by atoms with van der Waals surface area (Å²) in [5.41, 5.74) is 7.07. The maximum Gasteiger partial charge on any atom is 0.159 e. The largest absolute Gasteiger partial charge is 0.456 e. The molecule has 9 aromatic carbocycles. The first-order chi connectivity index (χ1) is 27.7. The summed E-state index contributed by atoms with van der Waals surface area (Å²) in [7, 11) is 0. The zero-order valence-electron chi connectivity index (χ0n) is 30.0. The van der Waals surface area contributed by atoms with Crippen LogP contribution in [-0.2, 0) is 0 Å². The van der Waals surface area contributed by atoms with E-state index in [0.717, 1.165) is 55.4 Å². The Bertz CT molecular complexity index is 3460. The number of benzene rings is 9. The molecule has 0 aliphatic carbocycles. The van der Waals surface area contributed by atoms with Crippen LogP contribution in [0.5, 0.6) is 0 Å². The van der Waals surface area contributed by atoms with E-state index in [4.69, 9.17) is 14.4 Å². The van der Waals surface area contributed by atoms with Gasteiger partial charge in [0, 0.05) is 47.6 Å². The lowest BCUT2D eigenvalue weighted by molar-refractivity contribution is 0.662. The van der Waals surface area contributed by atoms with Crippen molar-refractivity contribution >= 4 is 97.4 Å². The fourth-order valence-corrected chi connectivity index (χ4v) is 9.95. The van der Waals surface area contributed by atoms with Gasteiger partial charge in [-0.3, -0.25) is 0 Å². The van der Waals surface area contributed by atoms with Crippen molar-refractivity contribution in [3.05, 3.63) is 193 Å². The van der Waals surface area contributed by atoms with Crippen molar-refractivity contribution in [1.82, 2.24) is 5.32 Å². The van der Waals surface area contributed by atoms with Crippen LogP contribution in [0.2, 0.25) is 0 Å². The molecule has 5 heteroatoms. The third-order valence-corrected chi connectivity index (χ3v) is 12.4. The highest BCUT2D eigenvalue weighted by Gasteiger charge is 2.26. The van der Waals surface area contributed by atoms with Gasteiger partial charge in [0.05, 0.1) is 0 Å². The minimum absolute atomic E-state index is 0.411. The van der Waals surface area contributed by atoms with Crippen molar-refractivity contribution in [3.63, 3.8) is 0 Å². The van der Waals surface area contributed by atoms with Gasteiger partial charge in [-0.05, 0) is 79.8 Å². The third kappa shape index (κ3) is 4.78. The second-order valence-electron chi connectivity index (χ2n) is 14.5. The number of nitrogens with one attached hydrogen (secondary N) is 1. The van der Waals surface area contributed by atoms with E-state index in [9.17, 15) is 0 Å². The topological polar surface area (TPSA) is 49.9 Å². The maximum absolute atomic E-state index is 6.72. The summed E-state index contributed by atoms with van der Waals surface area (Å²) in [5.74, 6) is 1.48. The quantitative estimate of drug-likeness (QED) is 0.183. The monoisotopic (exact) mass is 733 g/mol. The second-order valence-corrected chi connectivity index (χ2v) is 15.6. The normalized spacial score (nSPS) is 14.6. The van der Waals surface area contributed by atoms with Crippen molar-refractivity contribution in [3.8, 4) is 11.1 Å². The Morgan fingerprint density at radius 2 is 1.18 bits per heavy atom. The van der Waals surface area contributed by atoms with E-state index in [2.05, 4.69) is 163 Å². The van der Waals surface area contributed by atoms with Crippen molar-refractivity contribution < 1.29 is 4.42 Å². The molecule has 262 valence electrons. The molecule has 0 saturated heterocycles. The van der Waals surface area contributed by atoms with Crippen molar-refractivity contribution in [2.24, 2.45) is 9.98 Å².